The second-order valence-electron chi connectivity index (χ2n) is 9.14. The number of ketones is 1. The first-order valence-electron chi connectivity index (χ1n) is 11.4. The summed E-state index contributed by atoms with van der Waals surface area (Å²) in [4.78, 5) is 13.3. The number of Topliss-reactive ketones (excluding diaryl/α,β-unsaturated/α-hetero) is 1. The first-order valence-corrected chi connectivity index (χ1v) is 11.4. The average molecular weight is 509 g/mol. The molecule has 1 atom stereocenters. The maximum atomic E-state index is 13.3. The van der Waals surface area contributed by atoms with Crippen LogP contribution in [0.1, 0.15) is 22.8 Å². The quantitative estimate of drug-likeness (QED) is 0.171. The van der Waals surface area contributed by atoms with Crippen LogP contribution in [-0.4, -0.2) is 96.4 Å². The zero-order valence-electron chi connectivity index (χ0n) is 20.6. The fraction of sp³-hybridized carbons (Fsp3) is 0.500. The molecule has 0 aliphatic heterocycles. The molecule has 200 valence electrons. The fourth-order valence-corrected chi connectivity index (χ4v) is 3.24. The Hall–Kier alpha value is -2.57. The van der Waals surface area contributed by atoms with E-state index in [1.54, 1.807) is 55.5 Å². The molecule has 6 N–H and O–H groups in total. The summed E-state index contributed by atoms with van der Waals surface area (Å²) < 4.78 is 16.8. The number of benzene rings is 2. The topological polar surface area (TPSA) is 166 Å². The van der Waals surface area contributed by atoms with Crippen molar-refractivity contribution >= 4 is 5.78 Å². The molecule has 2 aromatic carbocycles. The lowest BCUT2D eigenvalue weighted by atomic mass is 9.87. The normalized spacial score (nSPS) is 13.8. The maximum Gasteiger partial charge on any atom is 0.198 e. The van der Waals surface area contributed by atoms with E-state index in [-0.39, 0.29) is 19.0 Å². The minimum atomic E-state index is -1.31. The van der Waals surface area contributed by atoms with Gasteiger partial charge >= 0.3 is 0 Å². The molecular formula is C26H36O10. The van der Waals surface area contributed by atoms with Crippen LogP contribution in [0.15, 0.2) is 48.5 Å². The lowest BCUT2D eigenvalue weighted by Gasteiger charge is -2.29. The van der Waals surface area contributed by atoms with Crippen molar-refractivity contribution in [3.8, 4) is 11.5 Å². The molecule has 0 aliphatic rings. The van der Waals surface area contributed by atoms with Crippen molar-refractivity contribution in [2.75, 3.05) is 60.0 Å². The van der Waals surface area contributed by atoms with E-state index in [2.05, 4.69) is 0 Å². The number of methoxy groups -OCH3 is 1. The molecule has 36 heavy (non-hydrogen) atoms. The van der Waals surface area contributed by atoms with E-state index in [9.17, 15) is 35.4 Å². The van der Waals surface area contributed by atoms with Gasteiger partial charge in [0, 0.05) is 12.7 Å². The minimum Gasteiger partial charge on any atom is -0.493 e. The van der Waals surface area contributed by atoms with Gasteiger partial charge < -0.3 is 44.8 Å². The second kappa shape index (κ2) is 13.1. The molecule has 2 aromatic rings. The molecule has 0 spiro atoms. The Morgan fingerprint density at radius 3 is 1.36 bits per heavy atom. The van der Waals surface area contributed by atoms with Crippen LogP contribution < -0.4 is 9.47 Å². The molecule has 1 unspecified atom stereocenters. The third-order valence-corrected chi connectivity index (χ3v) is 6.47. The highest BCUT2D eigenvalue weighted by atomic mass is 16.5. The Kier molecular flexibility index (Phi) is 10.8. The highest BCUT2D eigenvalue weighted by molar-refractivity contribution is 6.02. The van der Waals surface area contributed by atoms with Crippen molar-refractivity contribution in [1.29, 1.82) is 0 Å². The highest BCUT2D eigenvalue weighted by Gasteiger charge is 2.36. The Labute approximate surface area is 210 Å². The lowest BCUT2D eigenvalue weighted by Crippen LogP contribution is -2.39. The summed E-state index contributed by atoms with van der Waals surface area (Å²) in [5.41, 5.74) is -2.72. The van der Waals surface area contributed by atoms with Gasteiger partial charge in [-0.15, -0.1) is 0 Å². The molecule has 0 amide bonds. The van der Waals surface area contributed by atoms with Gasteiger partial charge in [0.1, 0.15) is 24.7 Å². The van der Waals surface area contributed by atoms with Crippen LogP contribution in [0.2, 0.25) is 0 Å². The van der Waals surface area contributed by atoms with E-state index in [0.717, 1.165) is 0 Å². The fourth-order valence-electron chi connectivity index (χ4n) is 3.24. The van der Waals surface area contributed by atoms with Crippen molar-refractivity contribution in [2.24, 2.45) is 10.8 Å². The van der Waals surface area contributed by atoms with Crippen LogP contribution in [0, 0.1) is 10.8 Å². The van der Waals surface area contributed by atoms with Gasteiger partial charge in [-0.25, -0.2) is 0 Å². The molecule has 0 saturated heterocycles. The monoisotopic (exact) mass is 508 g/mol. The van der Waals surface area contributed by atoms with E-state index < -0.39 is 56.1 Å². The summed E-state index contributed by atoms with van der Waals surface area (Å²) in [5.74, 6) is 0.521. The number of carbonyl (C=O) groups is 1. The van der Waals surface area contributed by atoms with Crippen molar-refractivity contribution in [2.45, 2.75) is 12.5 Å². The molecule has 10 nitrogen and oxygen atoms in total. The molecular weight excluding hydrogens is 472 g/mol. The number of aliphatic hydroxyl groups is 6. The zero-order chi connectivity index (χ0) is 26.8. The first-order chi connectivity index (χ1) is 17.2. The van der Waals surface area contributed by atoms with Crippen LogP contribution in [0.25, 0.3) is 0 Å². The Balaban J connectivity index is 2.13. The van der Waals surface area contributed by atoms with Gasteiger partial charge in [-0.1, -0.05) is 12.1 Å². The van der Waals surface area contributed by atoms with Gasteiger partial charge in [0.05, 0.1) is 50.5 Å². The number of hydrogen-bond donors (Lipinski definition) is 6. The summed E-state index contributed by atoms with van der Waals surface area (Å²) in [6.07, 6.45) is 0. The smallest absolute Gasteiger partial charge is 0.198 e. The van der Waals surface area contributed by atoms with Crippen molar-refractivity contribution in [3.05, 3.63) is 59.7 Å². The summed E-state index contributed by atoms with van der Waals surface area (Å²) in [6, 6.07) is 12.9. The third-order valence-electron chi connectivity index (χ3n) is 6.47. The Bertz CT molecular complexity index is 920. The predicted molar refractivity (Wildman–Crippen MR) is 130 cm³/mol. The molecule has 10 heteroatoms. The minimum absolute atomic E-state index is 0.0965. The van der Waals surface area contributed by atoms with E-state index >= 15 is 0 Å². The Morgan fingerprint density at radius 2 is 1.03 bits per heavy atom. The van der Waals surface area contributed by atoms with E-state index in [1.807, 2.05) is 0 Å². The van der Waals surface area contributed by atoms with E-state index in [4.69, 9.17) is 14.2 Å². The number of carbonyl (C=O) groups excluding carboxylic acids is 1. The first kappa shape index (κ1) is 29.7. The third kappa shape index (κ3) is 6.60. The molecule has 0 fully saturated rings. The number of aliphatic hydroxyl groups excluding tert-OH is 6. The molecule has 0 bridgehead atoms. The Morgan fingerprint density at radius 1 is 0.667 bits per heavy atom. The van der Waals surface area contributed by atoms with Gasteiger partial charge in [0.2, 0.25) is 0 Å². The van der Waals surface area contributed by atoms with Gasteiger partial charge in [-0.3, -0.25) is 4.79 Å². The predicted octanol–water partition coefficient (Wildman–Crippen LogP) is 0.115. The van der Waals surface area contributed by atoms with Crippen molar-refractivity contribution < 1.29 is 49.6 Å². The standard InChI is InChI=1S/C26H36O10/c1-24(34-2,20-5-9-22(10-6-20)36-18-26(14-30,15-31)16-32)23(33)19-3-7-21(8-4-19)35-17-25(11-27,12-28)13-29/h3-10,27-32H,11-18H2,1-2H3. The second-order valence-corrected chi connectivity index (χ2v) is 9.14. The SMILES string of the molecule is COC(C)(C(=O)c1ccc(OCC(CO)(CO)CO)cc1)c1ccc(OCC(CO)(CO)CO)cc1. The number of hydrogen-bond acceptors (Lipinski definition) is 10. The molecule has 0 saturated carbocycles. The van der Waals surface area contributed by atoms with Gasteiger partial charge in [0.25, 0.3) is 0 Å². The summed E-state index contributed by atoms with van der Waals surface area (Å²) in [6.45, 7) is -1.23. The van der Waals surface area contributed by atoms with Gasteiger partial charge in [-0.2, -0.15) is 0 Å². The van der Waals surface area contributed by atoms with Crippen LogP contribution in [0.3, 0.4) is 0 Å². The lowest BCUT2D eigenvalue weighted by molar-refractivity contribution is -0.0262. The van der Waals surface area contributed by atoms with Crippen LogP contribution >= 0.6 is 0 Å². The molecule has 0 heterocycles. The molecule has 0 aliphatic carbocycles. The van der Waals surface area contributed by atoms with Gasteiger partial charge in [-0.05, 0) is 48.9 Å². The van der Waals surface area contributed by atoms with Crippen molar-refractivity contribution in [1.82, 2.24) is 0 Å². The van der Waals surface area contributed by atoms with Crippen LogP contribution in [0.4, 0.5) is 0 Å². The average Bonchev–Trinajstić information content (AvgIpc) is 2.95. The van der Waals surface area contributed by atoms with E-state index in [0.29, 0.717) is 22.6 Å². The molecule has 0 radical (unpaired) electrons. The highest BCUT2D eigenvalue weighted by Crippen LogP contribution is 2.31. The van der Waals surface area contributed by atoms with Gasteiger partial charge in [0.15, 0.2) is 11.4 Å². The van der Waals surface area contributed by atoms with Crippen LogP contribution in [0.5, 0.6) is 11.5 Å². The molecule has 2 rings (SSSR count). The summed E-state index contributed by atoms with van der Waals surface area (Å²) in [5, 5.41) is 56.5. The van der Waals surface area contributed by atoms with E-state index in [1.165, 1.54) is 7.11 Å². The largest absolute Gasteiger partial charge is 0.493 e. The number of ether oxygens (including phenoxy) is 3. The molecule has 0 aromatic heterocycles. The van der Waals surface area contributed by atoms with Crippen LogP contribution in [-0.2, 0) is 10.3 Å². The number of rotatable bonds is 16. The maximum absolute atomic E-state index is 13.3. The summed E-state index contributed by atoms with van der Waals surface area (Å²) >= 11 is 0. The van der Waals surface area contributed by atoms with Crippen molar-refractivity contribution in [3.63, 3.8) is 0 Å². The summed E-state index contributed by atoms with van der Waals surface area (Å²) in [7, 11) is 1.43. The zero-order valence-corrected chi connectivity index (χ0v) is 20.6.